The quantitative estimate of drug-likeness (QED) is 0.398. The lowest BCUT2D eigenvalue weighted by Gasteiger charge is -2.35. The van der Waals surface area contributed by atoms with Crippen molar-refractivity contribution in [2.75, 3.05) is 13.2 Å². The SMILES string of the molecule is [C-]#[N+]/C(C(=O)OCC)=C1/C=C(C)N(CCCC)C(C2CCCC2)=C1. The first-order valence-corrected chi connectivity index (χ1v) is 9.08. The van der Waals surface area contributed by atoms with Crippen LogP contribution >= 0.6 is 0 Å². The van der Waals surface area contributed by atoms with Crippen molar-refractivity contribution in [3.63, 3.8) is 0 Å². The Kier molecular flexibility index (Phi) is 6.66. The summed E-state index contributed by atoms with van der Waals surface area (Å²) in [7, 11) is 0. The molecule has 0 saturated heterocycles. The Hall–Kier alpha value is -2.02. The topological polar surface area (TPSA) is 33.9 Å². The van der Waals surface area contributed by atoms with Gasteiger partial charge >= 0.3 is 5.97 Å². The van der Waals surface area contributed by atoms with E-state index in [0.29, 0.717) is 11.5 Å². The van der Waals surface area contributed by atoms with Crippen molar-refractivity contribution in [2.45, 2.75) is 59.3 Å². The van der Waals surface area contributed by atoms with Gasteiger partial charge in [-0.15, -0.1) is 0 Å². The maximum atomic E-state index is 12.1. The van der Waals surface area contributed by atoms with Crippen molar-refractivity contribution in [3.8, 4) is 0 Å². The molecule has 0 atom stereocenters. The van der Waals surface area contributed by atoms with Gasteiger partial charge in [-0.3, -0.25) is 4.79 Å². The Bertz CT molecular complexity index is 602. The van der Waals surface area contributed by atoms with Gasteiger partial charge in [0.15, 0.2) is 0 Å². The minimum absolute atomic E-state index is 0.0989. The molecule has 0 radical (unpaired) electrons. The number of hydrogen-bond acceptors (Lipinski definition) is 3. The maximum absolute atomic E-state index is 12.1. The highest BCUT2D eigenvalue weighted by Crippen LogP contribution is 2.38. The van der Waals surface area contributed by atoms with Crippen LogP contribution in [0.25, 0.3) is 4.85 Å². The number of hydrogen-bond donors (Lipinski definition) is 0. The highest BCUT2D eigenvalue weighted by Gasteiger charge is 2.28. The zero-order valence-electron chi connectivity index (χ0n) is 15.1. The molecule has 2 aliphatic rings. The van der Waals surface area contributed by atoms with Crippen molar-refractivity contribution >= 4 is 5.97 Å². The third-order valence-electron chi connectivity index (χ3n) is 4.77. The summed E-state index contributed by atoms with van der Waals surface area (Å²) in [5, 5.41) is 0. The van der Waals surface area contributed by atoms with Crippen LogP contribution in [-0.4, -0.2) is 24.0 Å². The molecule has 0 amide bonds. The number of allylic oxidation sites excluding steroid dienone is 5. The Morgan fingerprint density at radius 2 is 2.04 bits per heavy atom. The summed E-state index contributed by atoms with van der Waals surface area (Å²) in [6.07, 6.45) is 11.2. The van der Waals surface area contributed by atoms with Gasteiger partial charge in [-0.05, 0) is 56.8 Å². The van der Waals surface area contributed by atoms with Crippen LogP contribution in [-0.2, 0) is 9.53 Å². The first kappa shape index (κ1) is 18.3. The van der Waals surface area contributed by atoms with Crippen LogP contribution in [0.5, 0.6) is 0 Å². The lowest BCUT2D eigenvalue weighted by atomic mass is 9.95. The van der Waals surface area contributed by atoms with Gasteiger partial charge < -0.3 is 9.64 Å². The van der Waals surface area contributed by atoms with E-state index in [0.717, 1.165) is 25.1 Å². The van der Waals surface area contributed by atoms with Crippen LogP contribution in [0.4, 0.5) is 0 Å². The van der Waals surface area contributed by atoms with E-state index >= 15 is 0 Å². The monoisotopic (exact) mass is 328 g/mol. The fourth-order valence-corrected chi connectivity index (χ4v) is 3.53. The van der Waals surface area contributed by atoms with E-state index in [1.807, 2.05) is 6.08 Å². The summed E-state index contributed by atoms with van der Waals surface area (Å²) in [6.45, 7) is 14.7. The number of nitrogens with zero attached hydrogens (tertiary/aromatic N) is 2. The van der Waals surface area contributed by atoms with Gasteiger partial charge in [0, 0.05) is 17.9 Å². The van der Waals surface area contributed by atoms with Crippen LogP contribution in [0.1, 0.15) is 59.3 Å². The summed E-state index contributed by atoms with van der Waals surface area (Å²) in [4.78, 5) is 17.9. The second-order valence-electron chi connectivity index (χ2n) is 6.48. The number of carbonyl (C=O) groups is 1. The average molecular weight is 328 g/mol. The van der Waals surface area contributed by atoms with Crippen LogP contribution in [0.2, 0.25) is 0 Å². The Labute approximate surface area is 145 Å². The molecular weight excluding hydrogens is 300 g/mol. The molecule has 0 aromatic rings. The highest BCUT2D eigenvalue weighted by atomic mass is 16.5. The van der Waals surface area contributed by atoms with E-state index < -0.39 is 5.97 Å². The van der Waals surface area contributed by atoms with Crippen LogP contribution in [0.3, 0.4) is 0 Å². The second kappa shape index (κ2) is 8.73. The predicted octanol–water partition coefficient (Wildman–Crippen LogP) is 4.82. The summed E-state index contributed by atoms with van der Waals surface area (Å²) < 4.78 is 5.05. The van der Waals surface area contributed by atoms with Crippen molar-refractivity contribution < 1.29 is 9.53 Å². The predicted molar refractivity (Wildman–Crippen MR) is 95.7 cm³/mol. The first-order chi connectivity index (χ1) is 11.6. The minimum Gasteiger partial charge on any atom is -0.471 e. The van der Waals surface area contributed by atoms with Gasteiger partial charge in [0.2, 0.25) is 0 Å². The summed E-state index contributed by atoms with van der Waals surface area (Å²) in [6, 6.07) is 0. The van der Waals surface area contributed by atoms with Crippen LogP contribution < -0.4 is 0 Å². The third kappa shape index (κ3) is 4.08. The van der Waals surface area contributed by atoms with E-state index in [-0.39, 0.29) is 12.3 Å². The normalized spacial score (nSPS) is 20.3. The Morgan fingerprint density at radius 1 is 1.33 bits per heavy atom. The molecule has 0 bridgehead atoms. The van der Waals surface area contributed by atoms with Gasteiger partial charge in [-0.2, -0.15) is 0 Å². The molecule has 0 N–H and O–H groups in total. The first-order valence-electron chi connectivity index (χ1n) is 9.08. The Morgan fingerprint density at radius 3 is 2.62 bits per heavy atom. The summed E-state index contributed by atoms with van der Waals surface area (Å²) in [5.74, 6) is 0.0188. The molecule has 0 unspecified atom stereocenters. The van der Waals surface area contributed by atoms with Crippen molar-refractivity contribution in [3.05, 3.63) is 46.2 Å². The number of carbonyl (C=O) groups excluding carboxylic acids is 1. The van der Waals surface area contributed by atoms with Crippen molar-refractivity contribution in [1.29, 1.82) is 0 Å². The van der Waals surface area contributed by atoms with Gasteiger partial charge in [-0.25, -0.2) is 4.85 Å². The minimum atomic E-state index is -0.518. The fourth-order valence-electron chi connectivity index (χ4n) is 3.53. The van der Waals surface area contributed by atoms with E-state index in [1.54, 1.807) is 6.92 Å². The zero-order chi connectivity index (χ0) is 17.5. The highest BCUT2D eigenvalue weighted by molar-refractivity contribution is 5.92. The molecule has 0 aromatic carbocycles. The fraction of sp³-hybridized carbons (Fsp3) is 0.600. The number of unbranched alkanes of at least 4 members (excludes halogenated alkanes) is 1. The second-order valence-corrected chi connectivity index (χ2v) is 6.48. The zero-order valence-corrected chi connectivity index (χ0v) is 15.1. The van der Waals surface area contributed by atoms with E-state index in [9.17, 15) is 4.79 Å². The van der Waals surface area contributed by atoms with Crippen molar-refractivity contribution in [2.24, 2.45) is 5.92 Å². The molecule has 130 valence electrons. The third-order valence-corrected chi connectivity index (χ3v) is 4.77. The molecule has 2 rings (SSSR count). The van der Waals surface area contributed by atoms with Gasteiger partial charge in [-0.1, -0.05) is 26.2 Å². The van der Waals surface area contributed by atoms with Crippen LogP contribution in [0, 0.1) is 12.5 Å². The van der Waals surface area contributed by atoms with Gasteiger partial charge in [0.05, 0.1) is 13.2 Å². The molecule has 4 heteroatoms. The molecule has 1 aliphatic heterocycles. The van der Waals surface area contributed by atoms with E-state index in [4.69, 9.17) is 11.3 Å². The lowest BCUT2D eigenvalue weighted by Crippen LogP contribution is -2.29. The number of esters is 1. The standard InChI is InChI=1S/C20H28N2O2/c1-5-7-12-22-15(3)13-17(19(21-4)20(23)24-6-2)14-18(22)16-10-8-9-11-16/h13-14,16H,5-12H2,1-3H3/b19-17-. The maximum Gasteiger partial charge on any atom is 0.336 e. The molecule has 1 fully saturated rings. The lowest BCUT2D eigenvalue weighted by molar-refractivity contribution is -0.138. The van der Waals surface area contributed by atoms with Gasteiger partial charge in [0.25, 0.3) is 5.70 Å². The molecule has 1 saturated carbocycles. The molecule has 0 spiro atoms. The number of rotatable bonds is 6. The van der Waals surface area contributed by atoms with Crippen molar-refractivity contribution in [1.82, 2.24) is 4.90 Å². The molecule has 4 nitrogen and oxygen atoms in total. The average Bonchev–Trinajstić information content (AvgIpc) is 3.08. The number of ether oxygens (including phenoxy) is 1. The van der Waals surface area contributed by atoms with E-state index in [1.165, 1.54) is 31.4 Å². The largest absolute Gasteiger partial charge is 0.471 e. The van der Waals surface area contributed by atoms with E-state index in [2.05, 4.69) is 29.7 Å². The smallest absolute Gasteiger partial charge is 0.336 e. The summed E-state index contributed by atoms with van der Waals surface area (Å²) >= 11 is 0. The molecule has 0 aromatic heterocycles. The molecule has 1 heterocycles. The summed E-state index contributed by atoms with van der Waals surface area (Å²) in [5.41, 5.74) is 3.20. The molecule has 1 aliphatic carbocycles. The van der Waals surface area contributed by atoms with Gasteiger partial charge in [0.1, 0.15) is 0 Å². The molecule has 24 heavy (non-hydrogen) atoms. The van der Waals surface area contributed by atoms with Crippen LogP contribution in [0.15, 0.2) is 34.8 Å². The molecular formula is C20H28N2O2. The Balaban J connectivity index is 2.41.